The molecule has 0 aliphatic carbocycles. The molecule has 1 heterocycles. The lowest BCUT2D eigenvalue weighted by Crippen LogP contribution is -2.22. The molecule has 0 amide bonds. The van der Waals surface area contributed by atoms with E-state index in [1.165, 1.54) is 6.20 Å². The van der Waals surface area contributed by atoms with E-state index in [4.69, 9.17) is 4.74 Å². The molecular formula is C11H15F3N2O. The van der Waals surface area contributed by atoms with E-state index in [0.717, 1.165) is 12.3 Å². The van der Waals surface area contributed by atoms with Crippen LogP contribution in [0.1, 0.15) is 11.1 Å². The summed E-state index contributed by atoms with van der Waals surface area (Å²) < 4.78 is 42.6. The largest absolute Gasteiger partial charge is 0.416 e. The van der Waals surface area contributed by atoms with Crippen LogP contribution in [0.15, 0.2) is 18.5 Å². The highest BCUT2D eigenvalue weighted by Crippen LogP contribution is 2.31. The van der Waals surface area contributed by atoms with Gasteiger partial charge in [0, 0.05) is 26.0 Å². The van der Waals surface area contributed by atoms with E-state index >= 15 is 0 Å². The Morgan fingerprint density at radius 2 is 2.12 bits per heavy atom. The normalized spacial score (nSPS) is 11.8. The van der Waals surface area contributed by atoms with Gasteiger partial charge in [-0.3, -0.25) is 4.98 Å². The molecule has 0 aliphatic heterocycles. The quantitative estimate of drug-likeness (QED) is 0.780. The molecule has 0 saturated heterocycles. The second kappa shape index (κ2) is 6.56. The fraction of sp³-hybridized carbons (Fsp3) is 0.545. The van der Waals surface area contributed by atoms with Crippen LogP contribution in [-0.2, 0) is 17.3 Å². The third-order valence-corrected chi connectivity index (χ3v) is 2.26. The number of nitrogens with one attached hydrogen (secondary N) is 1. The van der Waals surface area contributed by atoms with Crippen molar-refractivity contribution in [2.75, 3.05) is 26.8 Å². The molecule has 0 saturated carbocycles. The molecule has 0 atom stereocenters. The number of alkyl halides is 3. The Hall–Kier alpha value is -1.14. The fourth-order valence-corrected chi connectivity index (χ4v) is 1.43. The van der Waals surface area contributed by atoms with Crippen molar-refractivity contribution in [2.24, 2.45) is 0 Å². The summed E-state index contributed by atoms with van der Waals surface area (Å²) in [5.74, 6) is 0. The molecule has 1 aromatic rings. The van der Waals surface area contributed by atoms with Crippen molar-refractivity contribution in [3.8, 4) is 0 Å². The Bertz CT molecular complexity index is 342. The summed E-state index contributed by atoms with van der Waals surface area (Å²) in [6.07, 6.45) is -1.59. The lowest BCUT2D eigenvalue weighted by atomic mass is 10.1. The van der Waals surface area contributed by atoms with Gasteiger partial charge in [-0.15, -0.1) is 0 Å². The molecule has 1 N–H and O–H groups in total. The number of rotatable bonds is 6. The third-order valence-electron chi connectivity index (χ3n) is 2.26. The smallest absolute Gasteiger partial charge is 0.383 e. The highest BCUT2D eigenvalue weighted by atomic mass is 19.4. The first-order chi connectivity index (χ1) is 8.05. The Morgan fingerprint density at radius 1 is 1.35 bits per heavy atom. The number of hydrogen-bond acceptors (Lipinski definition) is 3. The minimum Gasteiger partial charge on any atom is -0.383 e. The van der Waals surface area contributed by atoms with E-state index in [9.17, 15) is 13.2 Å². The first-order valence-electron chi connectivity index (χ1n) is 5.25. The molecule has 0 radical (unpaired) electrons. The van der Waals surface area contributed by atoms with Gasteiger partial charge < -0.3 is 10.1 Å². The molecule has 3 nitrogen and oxygen atoms in total. The zero-order valence-electron chi connectivity index (χ0n) is 9.55. The van der Waals surface area contributed by atoms with Crippen molar-refractivity contribution < 1.29 is 17.9 Å². The number of methoxy groups -OCH3 is 1. The summed E-state index contributed by atoms with van der Waals surface area (Å²) in [5.41, 5.74) is -0.397. The second-order valence-electron chi connectivity index (χ2n) is 3.52. The summed E-state index contributed by atoms with van der Waals surface area (Å²) in [5, 5.41) is 2.99. The molecular weight excluding hydrogens is 233 g/mol. The Morgan fingerprint density at radius 3 is 2.76 bits per heavy atom. The highest BCUT2D eigenvalue weighted by molar-refractivity contribution is 5.26. The summed E-state index contributed by atoms with van der Waals surface area (Å²) in [7, 11) is 1.57. The molecule has 0 bridgehead atoms. The Labute approximate surface area is 98.0 Å². The van der Waals surface area contributed by atoms with E-state index < -0.39 is 11.7 Å². The van der Waals surface area contributed by atoms with Crippen LogP contribution in [0.25, 0.3) is 0 Å². The number of pyridine rings is 1. The minimum atomic E-state index is -4.31. The number of ether oxygens (including phenoxy) is 1. The molecule has 96 valence electrons. The van der Waals surface area contributed by atoms with Crippen LogP contribution in [0.5, 0.6) is 0 Å². The molecule has 0 aromatic carbocycles. The Balaban J connectivity index is 2.53. The van der Waals surface area contributed by atoms with Crippen LogP contribution in [0, 0.1) is 0 Å². The average Bonchev–Trinajstić information content (AvgIpc) is 2.28. The van der Waals surface area contributed by atoms with Gasteiger partial charge in [-0.05, 0) is 24.6 Å². The first-order valence-corrected chi connectivity index (χ1v) is 5.25. The van der Waals surface area contributed by atoms with Gasteiger partial charge in [-0.2, -0.15) is 13.2 Å². The summed E-state index contributed by atoms with van der Waals surface area (Å²) in [6.45, 7) is 1.63. The topological polar surface area (TPSA) is 34.1 Å². The highest BCUT2D eigenvalue weighted by Gasteiger charge is 2.32. The van der Waals surface area contributed by atoms with Crippen LogP contribution in [0.2, 0.25) is 0 Å². The third kappa shape index (κ3) is 4.70. The first kappa shape index (κ1) is 13.9. The van der Waals surface area contributed by atoms with Crippen molar-refractivity contribution in [3.05, 3.63) is 29.6 Å². The van der Waals surface area contributed by atoms with Gasteiger partial charge in [0.1, 0.15) is 0 Å². The van der Waals surface area contributed by atoms with Crippen LogP contribution in [0.3, 0.4) is 0 Å². The van der Waals surface area contributed by atoms with Crippen LogP contribution in [-0.4, -0.2) is 31.8 Å². The zero-order chi connectivity index (χ0) is 12.7. The van der Waals surface area contributed by atoms with Gasteiger partial charge in [-0.1, -0.05) is 0 Å². The molecule has 1 aromatic heterocycles. The second-order valence-corrected chi connectivity index (χ2v) is 3.52. The van der Waals surface area contributed by atoms with E-state index in [1.807, 2.05) is 0 Å². The predicted octanol–water partition coefficient (Wildman–Crippen LogP) is 1.88. The fourth-order valence-electron chi connectivity index (χ4n) is 1.43. The van der Waals surface area contributed by atoms with Gasteiger partial charge in [0.05, 0.1) is 12.2 Å². The van der Waals surface area contributed by atoms with Crippen molar-refractivity contribution >= 4 is 0 Å². The van der Waals surface area contributed by atoms with E-state index in [0.29, 0.717) is 26.1 Å². The Kier molecular flexibility index (Phi) is 5.37. The maximum absolute atomic E-state index is 12.6. The van der Waals surface area contributed by atoms with Gasteiger partial charge in [0.25, 0.3) is 0 Å². The predicted molar refractivity (Wildman–Crippen MR) is 57.7 cm³/mol. The van der Waals surface area contributed by atoms with E-state index in [-0.39, 0.29) is 5.56 Å². The average molecular weight is 248 g/mol. The van der Waals surface area contributed by atoms with Crippen molar-refractivity contribution in [3.63, 3.8) is 0 Å². The molecule has 0 aliphatic rings. The monoisotopic (exact) mass is 248 g/mol. The van der Waals surface area contributed by atoms with Crippen LogP contribution in [0.4, 0.5) is 13.2 Å². The molecule has 1 rings (SSSR count). The standard InChI is InChI=1S/C11H15F3N2O/c1-17-7-6-15-4-2-9-8-16-5-3-10(9)11(12,13)14/h3,5,8,15H,2,4,6-7H2,1H3. The number of hydrogen-bond donors (Lipinski definition) is 1. The maximum atomic E-state index is 12.6. The minimum absolute atomic E-state index is 0.213. The van der Waals surface area contributed by atoms with Gasteiger partial charge in [-0.25, -0.2) is 0 Å². The maximum Gasteiger partial charge on any atom is 0.416 e. The van der Waals surface area contributed by atoms with Crippen molar-refractivity contribution in [1.29, 1.82) is 0 Å². The van der Waals surface area contributed by atoms with Crippen molar-refractivity contribution in [2.45, 2.75) is 12.6 Å². The van der Waals surface area contributed by atoms with E-state index in [2.05, 4.69) is 10.3 Å². The molecule has 0 unspecified atom stereocenters. The number of nitrogens with zero attached hydrogens (tertiary/aromatic N) is 1. The van der Waals surface area contributed by atoms with Crippen LogP contribution >= 0.6 is 0 Å². The lowest BCUT2D eigenvalue weighted by Gasteiger charge is -2.12. The lowest BCUT2D eigenvalue weighted by molar-refractivity contribution is -0.138. The van der Waals surface area contributed by atoms with E-state index in [1.54, 1.807) is 7.11 Å². The molecule has 0 fully saturated rings. The van der Waals surface area contributed by atoms with Gasteiger partial charge in [0.2, 0.25) is 0 Å². The molecule has 17 heavy (non-hydrogen) atoms. The zero-order valence-corrected chi connectivity index (χ0v) is 9.55. The SMILES string of the molecule is COCCNCCc1cnccc1C(F)(F)F. The number of halogens is 3. The summed E-state index contributed by atoms with van der Waals surface area (Å²) >= 11 is 0. The van der Waals surface area contributed by atoms with Crippen LogP contribution < -0.4 is 5.32 Å². The van der Waals surface area contributed by atoms with Gasteiger partial charge in [0.15, 0.2) is 0 Å². The van der Waals surface area contributed by atoms with Crippen molar-refractivity contribution in [1.82, 2.24) is 10.3 Å². The molecule has 6 heteroatoms. The number of aromatic nitrogens is 1. The summed E-state index contributed by atoms with van der Waals surface area (Å²) in [6, 6.07) is 1.00. The van der Waals surface area contributed by atoms with Gasteiger partial charge >= 0.3 is 6.18 Å². The molecule has 0 spiro atoms. The summed E-state index contributed by atoms with van der Waals surface area (Å²) in [4.78, 5) is 3.72.